The zero-order valence-electron chi connectivity index (χ0n) is 22.5. The number of hydrogen-bond donors (Lipinski definition) is 4. The predicted octanol–water partition coefficient (Wildman–Crippen LogP) is 5.21. The van der Waals surface area contributed by atoms with Crippen molar-refractivity contribution in [2.45, 2.75) is 44.8 Å². The third-order valence-electron chi connectivity index (χ3n) is 7.61. The molecule has 2 aromatic carbocycles. The van der Waals surface area contributed by atoms with Gasteiger partial charge in [-0.25, -0.2) is 9.97 Å². The van der Waals surface area contributed by atoms with E-state index in [0.717, 1.165) is 76.5 Å². The fraction of sp³-hybridized carbons (Fsp3) is 0.323. The van der Waals surface area contributed by atoms with Crippen LogP contribution in [0.4, 0.5) is 11.6 Å². The highest BCUT2D eigenvalue weighted by atomic mass is 16.3. The number of nitrogens with one attached hydrogen (secondary N) is 3. The van der Waals surface area contributed by atoms with Gasteiger partial charge in [-0.3, -0.25) is 0 Å². The van der Waals surface area contributed by atoms with Crippen molar-refractivity contribution in [3.63, 3.8) is 0 Å². The second-order valence-electron chi connectivity index (χ2n) is 10.7. The number of piperidine rings is 1. The van der Waals surface area contributed by atoms with Crippen LogP contribution < -0.4 is 16.0 Å². The van der Waals surface area contributed by atoms with Gasteiger partial charge in [0.2, 0.25) is 0 Å². The van der Waals surface area contributed by atoms with Crippen molar-refractivity contribution < 1.29 is 5.11 Å². The molecule has 0 saturated carbocycles. The van der Waals surface area contributed by atoms with Crippen LogP contribution in [0.5, 0.6) is 0 Å². The molecule has 0 atom stereocenters. The van der Waals surface area contributed by atoms with Crippen LogP contribution in [0.2, 0.25) is 0 Å². The number of fused-ring (bicyclic) bond motifs is 2. The third kappa shape index (κ3) is 5.30. The number of rotatable bonds is 8. The first-order valence-electron chi connectivity index (χ1n) is 13.7. The lowest BCUT2D eigenvalue weighted by Crippen LogP contribution is -2.46. The van der Waals surface area contributed by atoms with Crippen LogP contribution in [0.3, 0.4) is 0 Å². The molecule has 8 nitrogen and oxygen atoms in total. The van der Waals surface area contributed by atoms with Crippen molar-refractivity contribution in [3.05, 3.63) is 84.1 Å². The average molecular weight is 522 g/mol. The molecule has 0 radical (unpaired) electrons. The molecule has 4 N–H and O–H groups in total. The molecule has 1 aliphatic rings. The molecule has 0 spiro atoms. The summed E-state index contributed by atoms with van der Waals surface area (Å²) in [4.78, 5) is 9.82. The van der Waals surface area contributed by atoms with E-state index in [-0.39, 0.29) is 5.92 Å². The van der Waals surface area contributed by atoms with E-state index in [1.807, 2.05) is 35.0 Å². The van der Waals surface area contributed by atoms with E-state index in [4.69, 9.17) is 9.97 Å². The number of anilines is 2. The van der Waals surface area contributed by atoms with Gasteiger partial charge in [0.05, 0.1) is 23.0 Å². The first-order chi connectivity index (χ1) is 19.0. The third-order valence-corrected chi connectivity index (χ3v) is 7.61. The van der Waals surface area contributed by atoms with Crippen LogP contribution in [-0.2, 0) is 6.54 Å². The van der Waals surface area contributed by atoms with E-state index < -0.39 is 5.60 Å². The number of aromatic nitrogens is 4. The van der Waals surface area contributed by atoms with Gasteiger partial charge < -0.3 is 21.1 Å². The van der Waals surface area contributed by atoms with Gasteiger partial charge in [-0.05, 0) is 49.5 Å². The molecular weight excluding hydrogens is 486 g/mol. The summed E-state index contributed by atoms with van der Waals surface area (Å²) in [6.45, 7) is 6.99. The molecule has 8 heteroatoms. The lowest BCUT2D eigenvalue weighted by Gasteiger charge is -2.32. The zero-order valence-corrected chi connectivity index (χ0v) is 22.5. The van der Waals surface area contributed by atoms with Crippen molar-refractivity contribution in [1.82, 2.24) is 24.9 Å². The van der Waals surface area contributed by atoms with E-state index in [1.165, 1.54) is 0 Å². The molecule has 0 bridgehead atoms. The Kier molecular flexibility index (Phi) is 6.89. The molecule has 200 valence electrons. The fourth-order valence-corrected chi connectivity index (χ4v) is 5.25. The number of aliphatic hydroxyl groups is 1. The highest BCUT2D eigenvalue weighted by Crippen LogP contribution is 2.28. The second-order valence-corrected chi connectivity index (χ2v) is 10.7. The highest BCUT2D eigenvalue weighted by molar-refractivity contribution is 5.82. The first kappa shape index (κ1) is 25.3. The van der Waals surface area contributed by atoms with E-state index in [1.54, 1.807) is 0 Å². The summed E-state index contributed by atoms with van der Waals surface area (Å²) in [7, 11) is 0. The minimum atomic E-state index is -0.737. The zero-order chi connectivity index (χ0) is 26.8. The Labute approximate surface area is 228 Å². The number of para-hydroxylation sites is 1. The van der Waals surface area contributed by atoms with Gasteiger partial charge in [0.1, 0.15) is 11.6 Å². The molecule has 5 aromatic rings. The van der Waals surface area contributed by atoms with Crippen LogP contribution in [0.1, 0.15) is 43.7 Å². The van der Waals surface area contributed by atoms with Gasteiger partial charge in [-0.1, -0.05) is 62.4 Å². The maximum Gasteiger partial charge on any atom is 0.163 e. The molecule has 1 aliphatic heterocycles. The summed E-state index contributed by atoms with van der Waals surface area (Å²) in [6, 6.07) is 22.7. The minimum Gasteiger partial charge on any atom is -0.388 e. The van der Waals surface area contributed by atoms with E-state index in [9.17, 15) is 5.11 Å². The first-order valence-corrected chi connectivity index (χ1v) is 13.7. The standard InChI is InChI=1S/C31H35N7O/c1-21(2)25-19-35-38-29(17-28(37-30(25)38)34-20-31(39)13-15-32-16-14-31)33-18-23-8-3-5-9-24(23)27-12-11-22-7-4-6-10-26(22)36-27/h3-12,17,19,21,32-33,39H,13-16,18,20H2,1-2H3,(H,34,37). The second kappa shape index (κ2) is 10.6. The number of nitrogens with zero attached hydrogens (tertiary/aromatic N) is 4. The summed E-state index contributed by atoms with van der Waals surface area (Å²) in [5, 5.41) is 27.1. The summed E-state index contributed by atoms with van der Waals surface area (Å²) in [6.07, 6.45) is 3.34. The molecular formula is C31H35N7O. The Balaban J connectivity index is 1.30. The Morgan fingerprint density at radius 3 is 2.62 bits per heavy atom. The summed E-state index contributed by atoms with van der Waals surface area (Å²) in [5.41, 5.74) is 5.33. The van der Waals surface area contributed by atoms with Crippen molar-refractivity contribution in [1.29, 1.82) is 0 Å². The Morgan fingerprint density at radius 2 is 1.77 bits per heavy atom. The van der Waals surface area contributed by atoms with Crippen molar-refractivity contribution in [2.75, 3.05) is 30.3 Å². The Bertz CT molecular complexity index is 1600. The van der Waals surface area contributed by atoms with Crippen LogP contribution in [-0.4, -0.2) is 49.9 Å². The van der Waals surface area contributed by atoms with E-state index in [2.05, 4.69) is 77.4 Å². The average Bonchev–Trinajstić information content (AvgIpc) is 3.40. The maximum atomic E-state index is 11.0. The molecule has 39 heavy (non-hydrogen) atoms. The number of hydrogen-bond acceptors (Lipinski definition) is 7. The lowest BCUT2D eigenvalue weighted by molar-refractivity contribution is 0.0231. The van der Waals surface area contributed by atoms with E-state index in [0.29, 0.717) is 13.1 Å². The predicted molar refractivity (Wildman–Crippen MR) is 157 cm³/mol. The molecule has 0 amide bonds. The molecule has 6 rings (SSSR count). The highest BCUT2D eigenvalue weighted by Gasteiger charge is 2.29. The number of pyridine rings is 1. The van der Waals surface area contributed by atoms with Crippen LogP contribution >= 0.6 is 0 Å². The van der Waals surface area contributed by atoms with Crippen molar-refractivity contribution in [2.24, 2.45) is 0 Å². The topological polar surface area (TPSA) is 99.4 Å². The maximum absolute atomic E-state index is 11.0. The molecule has 3 aromatic heterocycles. The van der Waals surface area contributed by atoms with Crippen LogP contribution in [0.25, 0.3) is 27.8 Å². The molecule has 4 heterocycles. The summed E-state index contributed by atoms with van der Waals surface area (Å²) in [5.74, 6) is 1.85. The Morgan fingerprint density at radius 1 is 0.974 bits per heavy atom. The molecule has 1 fully saturated rings. The van der Waals surface area contributed by atoms with E-state index >= 15 is 0 Å². The van der Waals surface area contributed by atoms with Gasteiger partial charge in [0.25, 0.3) is 0 Å². The minimum absolute atomic E-state index is 0.284. The largest absolute Gasteiger partial charge is 0.388 e. The lowest BCUT2D eigenvalue weighted by atomic mass is 9.92. The monoisotopic (exact) mass is 521 g/mol. The van der Waals surface area contributed by atoms with Crippen LogP contribution in [0, 0.1) is 0 Å². The van der Waals surface area contributed by atoms with Gasteiger partial charge in [0.15, 0.2) is 5.65 Å². The SMILES string of the molecule is CC(C)c1cnn2c(NCc3ccccc3-c3ccc4ccccc4n3)cc(NCC3(O)CCNCC3)nc12. The molecule has 0 aliphatic carbocycles. The van der Waals surface area contributed by atoms with Crippen molar-refractivity contribution >= 4 is 28.2 Å². The fourth-order valence-electron chi connectivity index (χ4n) is 5.25. The van der Waals surface area contributed by atoms with Gasteiger partial charge in [-0.15, -0.1) is 0 Å². The summed E-state index contributed by atoms with van der Waals surface area (Å²) >= 11 is 0. The van der Waals surface area contributed by atoms with Gasteiger partial charge in [0, 0.05) is 35.7 Å². The van der Waals surface area contributed by atoms with Gasteiger partial charge in [-0.2, -0.15) is 9.61 Å². The smallest absolute Gasteiger partial charge is 0.163 e. The number of benzene rings is 2. The van der Waals surface area contributed by atoms with Crippen LogP contribution in [0.15, 0.2) is 72.9 Å². The van der Waals surface area contributed by atoms with Crippen molar-refractivity contribution in [3.8, 4) is 11.3 Å². The quantitative estimate of drug-likeness (QED) is 0.223. The molecule has 0 unspecified atom stereocenters. The normalized spacial score (nSPS) is 15.2. The summed E-state index contributed by atoms with van der Waals surface area (Å²) < 4.78 is 1.87. The molecule has 1 saturated heterocycles. The van der Waals surface area contributed by atoms with Gasteiger partial charge >= 0.3 is 0 Å². The Hall–Kier alpha value is -4.01.